The number of methoxy groups -OCH3 is 1. The van der Waals surface area contributed by atoms with E-state index in [-0.39, 0.29) is 11.4 Å². The van der Waals surface area contributed by atoms with Gasteiger partial charge in [0, 0.05) is 19.7 Å². The minimum Gasteiger partial charge on any atom is -0.497 e. The summed E-state index contributed by atoms with van der Waals surface area (Å²) in [7, 11) is -0.612. The van der Waals surface area contributed by atoms with Crippen LogP contribution < -0.4 is 14.8 Å². The van der Waals surface area contributed by atoms with Crippen LogP contribution in [0.1, 0.15) is 5.56 Å². The lowest BCUT2D eigenvalue weighted by atomic mass is 10.2. The standard InChI is InChI=1S/C15H18N2O3S/c1-17(13-7-5-8-14(10-13)20-2)21(18,19)15-9-4-3-6-12(15)11-16/h3-10H,11,16H2,1-2H3. The van der Waals surface area contributed by atoms with E-state index in [1.54, 1.807) is 48.5 Å². The van der Waals surface area contributed by atoms with Gasteiger partial charge >= 0.3 is 0 Å². The van der Waals surface area contributed by atoms with Crippen molar-refractivity contribution in [2.75, 3.05) is 18.5 Å². The molecular formula is C15H18N2O3S. The highest BCUT2D eigenvalue weighted by Crippen LogP contribution is 2.26. The van der Waals surface area contributed by atoms with E-state index < -0.39 is 10.0 Å². The van der Waals surface area contributed by atoms with E-state index in [4.69, 9.17) is 10.5 Å². The minimum absolute atomic E-state index is 0.168. The molecule has 21 heavy (non-hydrogen) atoms. The maximum atomic E-state index is 12.7. The van der Waals surface area contributed by atoms with Gasteiger partial charge in [0.15, 0.2) is 0 Å². The molecule has 6 heteroatoms. The third-order valence-electron chi connectivity index (χ3n) is 3.25. The summed E-state index contributed by atoms with van der Waals surface area (Å²) in [6, 6.07) is 13.6. The molecule has 0 saturated carbocycles. The molecule has 5 nitrogen and oxygen atoms in total. The van der Waals surface area contributed by atoms with Crippen molar-refractivity contribution >= 4 is 15.7 Å². The van der Waals surface area contributed by atoms with Crippen molar-refractivity contribution in [1.82, 2.24) is 0 Å². The van der Waals surface area contributed by atoms with Crippen molar-refractivity contribution in [2.45, 2.75) is 11.4 Å². The first-order chi connectivity index (χ1) is 10.0. The van der Waals surface area contributed by atoms with Gasteiger partial charge in [0.1, 0.15) is 5.75 Å². The number of sulfonamides is 1. The van der Waals surface area contributed by atoms with Gasteiger partial charge in [-0.25, -0.2) is 8.42 Å². The van der Waals surface area contributed by atoms with E-state index in [0.717, 1.165) is 0 Å². The average Bonchev–Trinajstić information content (AvgIpc) is 2.54. The number of hydrogen-bond donors (Lipinski definition) is 1. The molecule has 0 aromatic heterocycles. The SMILES string of the molecule is COc1cccc(N(C)S(=O)(=O)c2ccccc2CN)c1. The number of benzene rings is 2. The molecule has 112 valence electrons. The molecule has 0 aliphatic carbocycles. The highest BCUT2D eigenvalue weighted by Gasteiger charge is 2.23. The summed E-state index contributed by atoms with van der Waals surface area (Å²) >= 11 is 0. The highest BCUT2D eigenvalue weighted by molar-refractivity contribution is 7.92. The fraction of sp³-hybridized carbons (Fsp3) is 0.200. The molecule has 0 heterocycles. The summed E-state index contributed by atoms with van der Waals surface area (Å²) in [4.78, 5) is 0.220. The second-order valence-electron chi connectivity index (χ2n) is 4.49. The lowest BCUT2D eigenvalue weighted by Crippen LogP contribution is -2.27. The fourth-order valence-corrected chi connectivity index (χ4v) is 3.44. The lowest BCUT2D eigenvalue weighted by Gasteiger charge is -2.21. The number of rotatable bonds is 5. The summed E-state index contributed by atoms with van der Waals surface area (Å²) in [6.07, 6.45) is 0. The zero-order valence-electron chi connectivity index (χ0n) is 12.0. The van der Waals surface area contributed by atoms with Crippen LogP contribution in [0.4, 0.5) is 5.69 Å². The molecule has 0 aliphatic rings. The Morgan fingerprint density at radius 2 is 1.86 bits per heavy atom. The first kappa shape index (κ1) is 15.3. The van der Waals surface area contributed by atoms with Gasteiger partial charge in [-0.3, -0.25) is 4.31 Å². The monoisotopic (exact) mass is 306 g/mol. The molecule has 0 radical (unpaired) electrons. The molecule has 2 rings (SSSR count). The van der Waals surface area contributed by atoms with E-state index in [1.807, 2.05) is 0 Å². The number of hydrogen-bond acceptors (Lipinski definition) is 4. The summed E-state index contributed by atoms with van der Waals surface area (Å²) < 4.78 is 31.8. The normalized spacial score (nSPS) is 11.2. The Balaban J connectivity index is 2.47. The maximum absolute atomic E-state index is 12.7. The Labute approximate surface area is 125 Å². The predicted molar refractivity (Wildman–Crippen MR) is 82.9 cm³/mol. The number of nitrogens with zero attached hydrogens (tertiary/aromatic N) is 1. The van der Waals surface area contributed by atoms with Crippen molar-refractivity contribution in [3.8, 4) is 5.75 Å². The lowest BCUT2D eigenvalue weighted by molar-refractivity contribution is 0.415. The van der Waals surface area contributed by atoms with Crippen LogP contribution in [-0.2, 0) is 16.6 Å². The summed E-state index contributed by atoms with van der Waals surface area (Å²) in [6.45, 7) is 0.168. The molecule has 0 amide bonds. The second-order valence-corrected chi connectivity index (χ2v) is 6.42. The number of anilines is 1. The van der Waals surface area contributed by atoms with Crippen molar-refractivity contribution < 1.29 is 13.2 Å². The van der Waals surface area contributed by atoms with E-state index in [9.17, 15) is 8.42 Å². The molecule has 2 N–H and O–H groups in total. The molecule has 0 fully saturated rings. The van der Waals surface area contributed by atoms with Gasteiger partial charge < -0.3 is 10.5 Å². The van der Waals surface area contributed by atoms with Crippen LogP contribution in [-0.4, -0.2) is 22.6 Å². The minimum atomic E-state index is -3.66. The summed E-state index contributed by atoms with van der Waals surface area (Å²) in [5.41, 5.74) is 6.75. The van der Waals surface area contributed by atoms with Crippen molar-refractivity contribution in [3.63, 3.8) is 0 Å². The van der Waals surface area contributed by atoms with Crippen LogP contribution >= 0.6 is 0 Å². The molecule has 0 aliphatic heterocycles. The Hall–Kier alpha value is -2.05. The third-order valence-corrected chi connectivity index (χ3v) is 5.13. The van der Waals surface area contributed by atoms with E-state index in [2.05, 4.69) is 0 Å². The van der Waals surface area contributed by atoms with Gasteiger partial charge in [0.05, 0.1) is 17.7 Å². The molecule has 0 atom stereocenters. The smallest absolute Gasteiger partial charge is 0.264 e. The van der Waals surface area contributed by atoms with Crippen LogP contribution in [0.2, 0.25) is 0 Å². The second kappa shape index (κ2) is 6.15. The first-order valence-electron chi connectivity index (χ1n) is 6.41. The summed E-state index contributed by atoms with van der Waals surface area (Å²) in [5, 5.41) is 0. The zero-order chi connectivity index (χ0) is 15.5. The van der Waals surface area contributed by atoms with Crippen molar-refractivity contribution in [1.29, 1.82) is 0 Å². The average molecular weight is 306 g/mol. The molecule has 2 aromatic carbocycles. The van der Waals surface area contributed by atoms with Gasteiger partial charge in [-0.2, -0.15) is 0 Å². The molecule has 0 bridgehead atoms. The Morgan fingerprint density at radius 1 is 1.14 bits per heavy atom. The van der Waals surface area contributed by atoms with Crippen LogP contribution in [0, 0.1) is 0 Å². The zero-order valence-corrected chi connectivity index (χ0v) is 12.8. The van der Waals surface area contributed by atoms with Crippen molar-refractivity contribution in [2.24, 2.45) is 5.73 Å². The topological polar surface area (TPSA) is 72.6 Å². The largest absolute Gasteiger partial charge is 0.497 e. The Morgan fingerprint density at radius 3 is 2.52 bits per heavy atom. The molecule has 0 spiro atoms. The number of nitrogens with two attached hydrogens (primary N) is 1. The number of ether oxygens (including phenoxy) is 1. The molecule has 0 saturated heterocycles. The van der Waals surface area contributed by atoms with Crippen LogP contribution in [0.25, 0.3) is 0 Å². The van der Waals surface area contributed by atoms with Crippen LogP contribution in [0.5, 0.6) is 5.75 Å². The van der Waals surface area contributed by atoms with E-state index in [1.165, 1.54) is 18.5 Å². The summed E-state index contributed by atoms with van der Waals surface area (Å²) in [5.74, 6) is 0.599. The van der Waals surface area contributed by atoms with Crippen molar-refractivity contribution in [3.05, 3.63) is 54.1 Å². The van der Waals surface area contributed by atoms with Gasteiger partial charge in [0.25, 0.3) is 10.0 Å². The Kier molecular flexibility index (Phi) is 4.50. The first-order valence-corrected chi connectivity index (χ1v) is 7.85. The maximum Gasteiger partial charge on any atom is 0.264 e. The van der Waals surface area contributed by atoms with E-state index in [0.29, 0.717) is 17.0 Å². The van der Waals surface area contributed by atoms with E-state index >= 15 is 0 Å². The highest BCUT2D eigenvalue weighted by atomic mass is 32.2. The molecule has 2 aromatic rings. The van der Waals surface area contributed by atoms with Crippen LogP contribution in [0.15, 0.2) is 53.4 Å². The predicted octanol–water partition coefficient (Wildman–Crippen LogP) is 1.98. The quantitative estimate of drug-likeness (QED) is 0.917. The Bertz CT molecular complexity index is 729. The fourth-order valence-electron chi connectivity index (χ4n) is 2.02. The molecular weight excluding hydrogens is 288 g/mol. The van der Waals surface area contributed by atoms with Gasteiger partial charge in [-0.15, -0.1) is 0 Å². The molecule has 0 unspecified atom stereocenters. The van der Waals surface area contributed by atoms with Crippen LogP contribution in [0.3, 0.4) is 0 Å². The van der Waals surface area contributed by atoms with Gasteiger partial charge in [0.2, 0.25) is 0 Å². The van der Waals surface area contributed by atoms with Gasteiger partial charge in [-0.1, -0.05) is 24.3 Å². The van der Waals surface area contributed by atoms with Gasteiger partial charge in [-0.05, 0) is 23.8 Å². The third kappa shape index (κ3) is 3.01.